The summed E-state index contributed by atoms with van der Waals surface area (Å²) in [4.78, 5) is 15.8. The predicted octanol–water partition coefficient (Wildman–Crippen LogP) is 3.02. The van der Waals surface area contributed by atoms with Crippen LogP contribution in [0.5, 0.6) is 0 Å². The molecule has 0 aliphatic carbocycles. The Bertz CT molecular complexity index is 525. The molecule has 2 N–H and O–H groups in total. The van der Waals surface area contributed by atoms with Crippen LogP contribution in [-0.4, -0.2) is 17.6 Å². The fourth-order valence-corrected chi connectivity index (χ4v) is 2.29. The van der Waals surface area contributed by atoms with Crippen LogP contribution in [0.1, 0.15) is 18.9 Å². The molecule has 19 heavy (non-hydrogen) atoms. The Morgan fingerprint density at radius 1 is 1.37 bits per heavy atom. The Morgan fingerprint density at radius 2 is 2.26 bits per heavy atom. The van der Waals surface area contributed by atoms with Gasteiger partial charge >= 0.3 is 6.03 Å². The summed E-state index contributed by atoms with van der Waals surface area (Å²) in [6, 6.07) is 5.83. The highest BCUT2D eigenvalue weighted by atomic mass is 32.1. The van der Waals surface area contributed by atoms with Crippen molar-refractivity contribution in [1.82, 2.24) is 15.6 Å². The predicted molar refractivity (Wildman–Crippen MR) is 78.1 cm³/mol. The lowest BCUT2D eigenvalue weighted by atomic mass is 10.1. The fourth-order valence-electron chi connectivity index (χ4n) is 1.64. The maximum atomic E-state index is 11.5. The van der Waals surface area contributed by atoms with E-state index in [0.29, 0.717) is 13.1 Å². The van der Waals surface area contributed by atoms with Crippen molar-refractivity contribution >= 4 is 17.4 Å². The number of urea groups is 1. The van der Waals surface area contributed by atoms with Crippen molar-refractivity contribution in [2.75, 3.05) is 6.54 Å². The van der Waals surface area contributed by atoms with E-state index < -0.39 is 0 Å². The molecule has 0 atom stereocenters. The molecule has 2 aromatic heterocycles. The van der Waals surface area contributed by atoms with Crippen molar-refractivity contribution < 1.29 is 4.79 Å². The molecule has 2 amide bonds. The van der Waals surface area contributed by atoms with Crippen LogP contribution >= 0.6 is 11.3 Å². The molecule has 0 aliphatic heterocycles. The summed E-state index contributed by atoms with van der Waals surface area (Å²) in [7, 11) is 0. The highest BCUT2D eigenvalue weighted by Crippen LogP contribution is 2.20. The lowest BCUT2D eigenvalue weighted by Gasteiger charge is -2.07. The average Bonchev–Trinajstić information content (AvgIpc) is 2.97. The van der Waals surface area contributed by atoms with Gasteiger partial charge in [0.05, 0.1) is 5.69 Å². The van der Waals surface area contributed by atoms with Gasteiger partial charge in [-0.2, -0.15) is 11.3 Å². The smallest absolute Gasteiger partial charge is 0.315 e. The highest BCUT2D eigenvalue weighted by Gasteiger charge is 2.03. The number of amides is 2. The molecule has 0 bridgehead atoms. The number of nitrogens with zero attached hydrogens (tertiary/aromatic N) is 1. The molecule has 0 fully saturated rings. The standard InChI is InChI=1S/C14H17N3OS/c1-2-5-16-14(18)17-9-11-3-6-15-13(8-11)12-4-7-19-10-12/h3-4,6-8,10H,2,5,9H2,1H3,(H2,16,17,18). The Labute approximate surface area is 116 Å². The molecule has 100 valence electrons. The van der Waals surface area contributed by atoms with E-state index in [1.165, 1.54) is 0 Å². The molecule has 0 saturated carbocycles. The van der Waals surface area contributed by atoms with Crippen LogP contribution in [0.3, 0.4) is 0 Å². The third kappa shape index (κ3) is 4.06. The van der Waals surface area contributed by atoms with Gasteiger partial charge in [-0.25, -0.2) is 4.79 Å². The first kappa shape index (κ1) is 13.5. The van der Waals surface area contributed by atoms with Crippen LogP contribution in [0.4, 0.5) is 4.79 Å². The van der Waals surface area contributed by atoms with Gasteiger partial charge < -0.3 is 10.6 Å². The van der Waals surface area contributed by atoms with Crippen molar-refractivity contribution in [2.24, 2.45) is 0 Å². The minimum atomic E-state index is -0.129. The molecule has 5 heteroatoms. The van der Waals surface area contributed by atoms with Crippen LogP contribution in [0, 0.1) is 0 Å². The summed E-state index contributed by atoms with van der Waals surface area (Å²) in [6.45, 7) is 3.23. The monoisotopic (exact) mass is 275 g/mol. The van der Waals surface area contributed by atoms with Crippen molar-refractivity contribution in [1.29, 1.82) is 0 Å². The molecule has 2 heterocycles. The zero-order valence-corrected chi connectivity index (χ0v) is 11.7. The molecule has 2 rings (SSSR count). The second-order valence-electron chi connectivity index (χ2n) is 4.17. The van der Waals surface area contributed by atoms with Crippen molar-refractivity contribution in [3.8, 4) is 11.3 Å². The zero-order chi connectivity index (χ0) is 13.5. The van der Waals surface area contributed by atoms with Gasteiger partial charge in [0.25, 0.3) is 0 Å². The number of thiophene rings is 1. The molecule has 2 aromatic rings. The maximum absolute atomic E-state index is 11.5. The molecule has 0 spiro atoms. The summed E-state index contributed by atoms with van der Waals surface area (Å²) in [5.41, 5.74) is 3.10. The summed E-state index contributed by atoms with van der Waals surface area (Å²) < 4.78 is 0. The van der Waals surface area contributed by atoms with Crippen LogP contribution < -0.4 is 10.6 Å². The third-order valence-electron chi connectivity index (χ3n) is 2.63. The molecule has 0 saturated heterocycles. The van der Waals surface area contributed by atoms with E-state index >= 15 is 0 Å². The first-order chi connectivity index (χ1) is 9.29. The molecule has 0 radical (unpaired) electrons. The van der Waals surface area contributed by atoms with Crippen molar-refractivity contribution in [3.63, 3.8) is 0 Å². The Balaban J connectivity index is 1.94. The van der Waals surface area contributed by atoms with Crippen LogP contribution in [0.2, 0.25) is 0 Å². The number of nitrogens with one attached hydrogen (secondary N) is 2. The first-order valence-electron chi connectivity index (χ1n) is 6.29. The highest BCUT2D eigenvalue weighted by molar-refractivity contribution is 7.08. The summed E-state index contributed by atoms with van der Waals surface area (Å²) in [5.74, 6) is 0. The van der Waals surface area contributed by atoms with Gasteiger partial charge in [0, 0.05) is 30.2 Å². The van der Waals surface area contributed by atoms with Crippen LogP contribution in [0.25, 0.3) is 11.3 Å². The van der Waals surface area contributed by atoms with Gasteiger partial charge in [0.2, 0.25) is 0 Å². The normalized spacial score (nSPS) is 10.2. The minimum Gasteiger partial charge on any atom is -0.338 e. The Morgan fingerprint density at radius 3 is 3.00 bits per heavy atom. The maximum Gasteiger partial charge on any atom is 0.315 e. The van der Waals surface area contributed by atoms with Gasteiger partial charge in [-0.1, -0.05) is 6.92 Å². The molecule has 4 nitrogen and oxygen atoms in total. The first-order valence-corrected chi connectivity index (χ1v) is 7.23. The number of pyridine rings is 1. The lowest BCUT2D eigenvalue weighted by molar-refractivity contribution is 0.240. The number of rotatable bonds is 5. The van der Waals surface area contributed by atoms with E-state index in [1.807, 2.05) is 30.5 Å². The Kier molecular flexibility index (Phi) is 4.92. The largest absolute Gasteiger partial charge is 0.338 e. The van der Waals surface area contributed by atoms with Gasteiger partial charge in [-0.05, 0) is 35.6 Å². The van der Waals surface area contributed by atoms with Gasteiger partial charge in [0.15, 0.2) is 0 Å². The lowest BCUT2D eigenvalue weighted by Crippen LogP contribution is -2.35. The van der Waals surface area contributed by atoms with E-state index in [4.69, 9.17) is 0 Å². The van der Waals surface area contributed by atoms with Gasteiger partial charge in [-0.3, -0.25) is 4.98 Å². The minimum absolute atomic E-state index is 0.129. The number of carbonyl (C=O) groups excluding carboxylic acids is 1. The van der Waals surface area contributed by atoms with Crippen molar-refractivity contribution in [2.45, 2.75) is 19.9 Å². The van der Waals surface area contributed by atoms with E-state index in [9.17, 15) is 4.79 Å². The van der Waals surface area contributed by atoms with Crippen molar-refractivity contribution in [3.05, 3.63) is 40.7 Å². The molecular formula is C14H17N3OS. The summed E-state index contributed by atoms with van der Waals surface area (Å²) in [5, 5.41) is 9.70. The van der Waals surface area contributed by atoms with E-state index in [1.54, 1.807) is 17.5 Å². The fraction of sp³-hybridized carbons (Fsp3) is 0.286. The van der Waals surface area contributed by atoms with Gasteiger partial charge in [0.1, 0.15) is 0 Å². The second-order valence-corrected chi connectivity index (χ2v) is 4.95. The number of carbonyl (C=O) groups is 1. The van der Waals surface area contributed by atoms with E-state index in [2.05, 4.69) is 21.0 Å². The molecular weight excluding hydrogens is 258 g/mol. The Hall–Kier alpha value is -1.88. The SMILES string of the molecule is CCCNC(=O)NCc1ccnc(-c2ccsc2)c1. The summed E-state index contributed by atoms with van der Waals surface area (Å²) in [6.07, 6.45) is 2.71. The second kappa shape index (κ2) is 6.89. The topological polar surface area (TPSA) is 54.0 Å². The third-order valence-corrected chi connectivity index (χ3v) is 3.31. The number of hydrogen-bond donors (Lipinski definition) is 2. The molecule has 0 aliphatic rings. The molecule has 0 unspecified atom stereocenters. The van der Waals surface area contributed by atoms with Crippen LogP contribution in [-0.2, 0) is 6.54 Å². The average molecular weight is 275 g/mol. The van der Waals surface area contributed by atoms with Gasteiger partial charge in [-0.15, -0.1) is 0 Å². The number of aromatic nitrogens is 1. The van der Waals surface area contributed by atoms with E-state index in [-0.39, 0.29) is 6.03 Å². The van der Waals surface area contributed by atoms with E-state index in [0.717, 1.165) is 23.2 Å². The van der Waals surface area contributed by atoms with Crippen LogP contribution in [0.15, 0.2) is 35.2 Å². The zero-order valence-electron chi connectivity index (χ0n) is 10.8. The number of hydrogen-bond acceptors (Lipinski definition) is 3. The summed E-state index contributed by atoms with van der Waals surface area (Å²) >= 11 is 1.65. The molecule has 0 aromatic carbocycles. The quantitative estimate of drug-likeness (QED) is 0.881.